The Morgan fingerprint density at radius 2 is 2.22 bits per heavy atom. The third-order valence-corrected chi connectivity index (χ3v) is 4.81. The molecule has 3 heterocycles. The Bertz CT molecular complexity index is 399. The first-order chi connectivity index (χ1) is 8.57. The molecule has 3 rings (SSSR count). The van der Waals surface area contributed by atoms with E-state index in [0.717, 1.165) is 25.3 Å². The van der Waals surface area contributed by atoms with Gasteiger partial charge in [-0.05, 0) is 44.6 Å². The summed E-state index contributed by atoms with van der Waals surface area (Å²) in [5.74, 6) is 0.740. The Hall–Kier alpha value is -0.800. The Kier molecular flexibility index (Phi) is 2.99. The molecule has 0 bridgehead atoms. The van der Waals surface area contributed by atoms with Gasteiger partial charge in [-0.25, -0.2) is 0 Å². The molecule has 1 aromatic rings. The minimum atomic E-state index is -0.532. The standard InChI is InChI=1S/C15H23NO2/c1-11-3-4-14(12-6-8-18-9-12)16-10-15(2,17)7-5-13(11)16/h6,8-9,11,13-14,17H,3-5,7,10H2,1-2H3. The molecule has 0 aliphatic carbocycles. The Morgan fingerprint density at radius 3 is 2.94 bits per heavy atom. The van der Waals surface area contributed by atoms with Gasteiger partial charge in [0.2, 0.25) is 0 Å². The van der Waals surface area contributed by atoms with Gasteiger partial charge in [0.25, 0.3) is 0 Å². The van der Waals surface area contributed by atoms with Gasteiger partial charge in [-0.3, -0.25) is 4.90 Å². The van der Waals surface area contributed by atoms with Gasteiger partial charge < -0.3 is 9.52 Å². The maximum atomic E-state index is 10.3. The van der Waals surface area contributed by atoms with Crippen molar-refractivity contribution in [1.82, 2.24) is 4.90 Å². The quantitative estimate of drug-likeness (QED) is 0.831. The molecule has 4 atom stereocenters. The number of piperidine rings is 2. The van der Waals surface area contributed by atoms with Gasteiger partial charge in [0.1, 0.15) is 0 Å². The van der Waals surface area contributed by atoms with E-state index in [2.05, 4.69) is 17.9 Å². The second kappa shape index (κ2) is 4.39. The number of nitrogens with zero attached hydrogens (tertiary/aromatic N) is 1. The zero-order valence-corrected chi connectivity index (χ0v) is 11.3. The van der Waals surface area contributed by atoms with Gasteiger partial charge in [0.15, 0.2) is 0 Å². The average Bonchev–Trinajstić information content (AvgIpc) is 2.81. The van der Waals surface area contributed by atoms with Crippen molar-refractivity contribution in [2.45, 2.75) is 57.2 Å². The molecule has 2 saturated heterocycles. The van der Waals surface area contributed by atoms with E-state index >= 15 is 0 Å². The van der Waals surface area contributed by atoms with Gasteiger partial charge in [-0.1, -0.05) is 6.92 Å². The predicted molar refractivity (Wildman–Crippen MR) is 70.2 cm³/mol. The van der Waals surface area contributed by atoms with Crippen LogP contribution in [0.3, 0.4) is 0 Å². The largest absolute Gasteiger partial charge is 0.472 e. The van der Waals surface area contributed by atoms with Crippen LogP contribution in [0.15, 0.2) is 23.0 Å². The van der Waals surface area contributed by atoms with E-state index < -0.39 is 5.60 Å². The summed E-state index contributed by atoms with van der Waals surface area (Å²) < 4.78 is 5.24. The molecule has 3 heteroatoms. The number of rotatable bonds is 1. The molecule has 2 aliphatic heterocycles. The maximum absolute atomic E-state index is 10.3. The van der Waals surface area contributed by atoms with Crippen LogP contribution in [-0.2, 0) is 0 Å². The summed E-state index contributed by atoms with van der Waals surface area (Å²) in [5.41, 5.74) is 0.736. The average molecular weight is 249 g/mol. The van der Waals surface area contributed by atoms with E-state index in [1.54, 1.807) is 6.26 Å². The molecule has 4 unspecified atom stereocenters. The molecule has 1 N–H and O–H groups in total. The van der Waals surface area contributed by atoms with E-state index in [9.17, 15) is 5.11 Å². The lowest BCUT2D eigenvalue weighted by Crippen LogP contribution is -2.56. The molecule has 0 saturated carbocycles. The summed E-state index contributed by atoms with van der Waals surface area (Å²) in [7, 11) is 0. The number of fused-ring (bicyclic) bond motifs is 1. The maximum Gasteiger partial charge on any atom is 0.0950 e. The van der Waals surface area contributed by atoms with Crippen LogP contribution in [0, 0.1) is 5.92 Å². The molecule has 0 amide bonds. The topological polar surface area (TPSA) is 36.6 Å². The molecule has 0 aromatic carbocycles. The number of aliphatic hydroxyl groups is 1. The lowest BCUT2D eigenvalue weighted by atomic mass is 9.77. The molecule has 2 fully saturated rings. The second-order valence-electron chi connectivity index (χ2n) is 6.40. The summed E-state index contributed by atoms with van der Waals surface area (Å²) in [6, 6.07) is 3.12. The van der Waals surface area contributed by atoms with Crippen molar-refractivity contribution in [3.05, 3.63) is 24.2 Å². The van der Waals surface area contributed by atoms with Crippen LogP contribution < -0.4 is 0 Å². The fourth-order valence-electron chi connectivity index (χ4n) is 3.77. The Labute approximate surface area is 109 Å². The normalized spacial score (nSPS) is 41.6. The Balaban J connectivity index is 1.87. The molecule has 18 heavy (non-hydrogen) atoms. The van der Waals surface area contributed by atoms with Crippen LogP contribution in [0.2, 0.25) is 0 Å². The molecule has 2 aliphatic rings. The number of furan rings is 1. The summed E-state index contributed by atoms with van der Waals surface area (Å²) in [6.45, 7) is 5.11. The fraction of sp³-hybridized carbons (Fsp3) is 0.733. The van der Waals surface area contributed by atoms with E-state index in [1.807, 2.05) is 13.2 Å². The van der Waals surface area contributed by atoms with Gasteiger partial charge in [0, 0.05) is 24.2 Å². The van der Waals surface area contributed by atoms with Crippen molar-refractivity contribution in [3.8, 4) is 0 Å². The van der Waals surface area contributed by atoms with Crippen molar-refractivity contribution in [2.75, 3.05) is 6.54 Å². The monoisotopic (exact) mass is 249 g/mol. The third kappa shape index (κ3) is 2.10. The zero-order chi connectivity index (χ0) is 12.8. The SMILES string of the molecule is CC1CCC(c2ccoc2)N2CC(C)(O)CCC12. The van der Waals surface area contributed by atoms with E-state index in [4.69, 9.17) is 4.42 Å². The first-order valence-corrected chi connectivity index (χ1v) is 7.07. The minimum absolute atomic E-state index is 0.428. The Morgan fingerprint density at radius 1 is 1.39 bits per heavy atom. The van der Waals surface area contributed by atoms with Crippen LogP contribution >= 0.6 is 0 Å². The molecule has 3 nitrogen and oxygen atoms in total. The van der Waals surface area contributed by atoms with Gasteiger partial charge in [-0.15, -0.1) is 0 Å². The van der Waals surface area contributed by atoms with Crippen molar-refractivity contribution in [1.29, 1.82) is 0 Å². The number of hydrogen-bond donors (Lipinski definition) is 1. The minimum Gasteiger partial charge on any atom is -0.472 e. The molecule has 0 spiro atoms. The van der Waals surface area contributed by atoms with Crippen LogP contribution in [0.25, 0.3) is 0 Å². The molecular formula is C15H23NO2. The number of hydrogen-bond acceptors (Lipinski definition) is 3. The smallest absolute Gasteiger partial charge is 0.0950 e. The summed E-state index contributed by atoms with van der Waals surface area (Å²) in [6.07, 6.45) is 8.11. The third-order valence-electron chi connectivity index (χ3n) is 4.81. The van der Waals surface area contributed by atoms with E-state index in [1.165, 1.54) is 18.4 Å². The predicted octanol–water partition coefficient (Wildman–Crippen LogP) is 2.97. The van der Waals surface area contributed by atoms with Crippen molar-refractivity contribution < 1.29 is 9.52 Å². The van der Waals surface area contributed by atoms with Crippen LogP contribution in [0.4, 0.5) is 0 Å². The second-order valence-corrected chi connectivity index (χ2v) is 6.40. The van der Waals surface area contributed by atoms with Crippen LogP contribution in [0.1, 0.15) is 51.1 Å². The van der Waals surface area contributed by atoms with Gasteiger partial charge >= 0.3 is 0 Å². The van der Waals surface area contributed by atoms with Crippen LogP contribution in [0.5, 0.6) is 0 Å². The van der Waals surface area contributed by atoms with Gasteiger partial charge in [-0.2, -0.15) is 0 Å². The lowest BCUT2D eigenvalue weighted by molar-refractivity contribution is -0.0852. The van der Waals surface area contributed by atoms with Crippen molar-refractivity contribution >= 4 is 0 Å². The highest BCUT2D eigenvalue weighted by Gasteiger charge is 2.43. The molecule has 100 valence electrons. The summed E-state index contributed by atoms with van der Waals surface area (Å²) >= 11 is 0. The van der Waals surface area contributed by atoms with E-state index in [0.29, 0.717) is 12.1 Å². The highest BCUT2D eigenvalue weighted by atomic mass is 16.3. The van der Waals surface area contributed by atoms with E-state index in [-0.39, 0.29) is 0 Å². The van der Waals surface area contributed by atoms with Gasteiger partial charge in [0.05, 0.1) is 18.1 Å². The molecule has 1 aromatic heterocycles. The van der Waals surface area contributed by atoms with Crippen molar-refractivity contribution in [2.24, 2.45) is 5.92 Å². The molecular weight excluding hydrogens is 226 g/mol. The first kappa shape index (κ1) is 12.2. The van der Waals surface area contributed by atoms with Crippen LogP contribution in [-0.4, -0.2) is 28.2 Å². The lowest BCUT2D eigenvalue weighted by Gasteiger charge is -2.51. The zero-order valence-electron chi connectivity index (χ0n) is 11.3. The van der Waals surface area contributed by atoms with Crippen molar-refractivity contribution in [3.63, 3.8) is 0 Å². The summed E-state index contributed by atoms with van der Waals surface area (Å²) in [4.78, 5) is 2.52. The highest BCUT2D eigenvalue weighted by molar-refractivity contribution is 5.15. The first-order valence-electron chi connectivity index (χ1n) is 7.07. The molecule has 0 radical (unpaired) electrons. The highest BCUT2D eigenvalue weighted by Crippen LogP contribution is 2.43. The fourth-order valence-corrected chi connectivity index (χ4v) is 3.77. The summed E-state index contributed by atoms with van der Waals surface area (Å²) in [5, 5.41) is 10.3.